The van der Waals surface area contributed by atoms with Gasteiger partial charge in [-0.15, -0.1) is 0 Å². The van der Waals surface area contributed by atoms with Crippen molar-refractivity contribution in [2.45, 2.75) is 6.92 Å². The standard InChI is InChI=1S/C3H7NO2/c1-3(5)6-4-2/h4H,1-2H3/p+1. The zero-order chi connectivity index (χ0) is 4.99. The fraction of sp³-hybridized carbons (Fsp3) is 0.667. The quantitative estimate of drug-likeness (QED) is 0.405. The minimum atomic E-state index is -0.266. The molecule has 3 nitrogen and oxygen atoms in total. The Morgan fingerprint density at radius 3 is 2.33 bits per heavy atom. The number of carbonyl (C=O) groups excluding carboxylic acids is 1. The first-order chi connectivity index (χ1) is 2.77. The van der Waals surface area contributed by atoms with Gasteiger partial charge in [0.1, 0.15) is 7.05 Å². The lowest BCUT2D eigenvalue weighted by Crippen LogP contribution is -2.79. The van der Waals surface area contributed by atoms with Gasteiger partial charge in [-0.2, -0.15) is 5.48 Å². The van der Waals surface area contributed by atoms with Crippen LogP contribution in [0.25, 0.3) is 0 Å². The van der Waals surface area contributed by atoms with Gasteiger partial charge in [-0.3, -0.25) is 4.84 Å². The molecule has 6 heavy (non-hydrogen) atoms. The Bertz CT molecular complexity index is 52.8. The Balaban J connectivity index is 2.83. The van der Waals surface area contributed by atoms with Crippen LogP contribution in [0.1, 0.15) is 6.92 Å². The van der Waals surface area contributed by atoms with E-state index in [4.69, 9.17) is 0 Å². The van der Waals surface area contributed by atoms with Gasteiger partial charge < -0.3 is 0 Å². The van der Waals surface area contributed by atoms with E-state index in [0.717, 1.165) is 0 Å². The van der Waals surface area contributed by atoms with Crippen molar-refractivity contribution in [3.05, 3.63) is 0 Å². The molecule has 0 aliphatic heterocycles. The first-order valence-electron chi connectivity index (χ1n) is 1.72. The highest BCUT2D eigenvalue weighted by Gasteiger charge is 1.85. The van der Waals surface area contributed by atoms with E-state index in [1.807, 2.05) is 0 Å². The topological polar surface area (TPSA) is 42.9 Å². The van der Waals surface area contributed by atoms with Crippen molar-refractivity contribution in [3.63, 3.8) is 0 Å². The van der Waals surface area contributed by atoms with E-state index >= 15 is 0 Å². The summed E-state index contributed by atoms with van der Waals surface area (Å²) in [6.07, 6.45) is 0. The van der Waals surface area contributed by atoms with Gasteiger partial charge >= 0.3 is 5.97 Å². The average molecular weight is 90.1 g/mol. The maximum Gasteiger partial charge on any atom is 0.363 e. The fourth-order valence-electron chi connectivity index (χ4n) is 0.166. The highest BCUT2D eigenvalue weighted by atomic mass is 16.7. The summed E-state index contributed by atoms with van der Waals surface area (Å²) in [5.41, 5.74) is 1.35. The van der Waals surface area contributed by atoms with Crippen LogP contribution >= 0.6 is 0 Å². The maximum absolute atomic E-state index is 9.79. The predicted molar refractivity (Wildman–Crippen MR) is 19.6 cm³/mol. The smallest absolute Gasteiger partial charge is 0.281 e. The normalized spacial score (nSPS) is 7.67. The molecule has 36 valence electrons. The van der Waals surface area contributed by atoms with Crippen molar-refractivity contribution in [2.75, 3.05) is 7.05 Å². The van der Waals surface area contributed by atoms with E-state index in [0.29, 0.717) is 0 Å². The Labute approximate surface area is 36.2 Å². The fourth-order valence-corrected chi connectivity index (χ4v) is 0.166. The van der Waals surface area contributed by atoms with Gasteiger partial charge in [-0.1, -0.05) is 0 Å². The summed E-state index contributed by atoms with van der Waals surface area (Å²) in [5, 5.41) is 0. The predicted octanol–water partition coefficient (Wildman–Crippen LogP) is -1.34. The first-order valence-corrected chi connectivity index (χ1v) is 1.72. The number of nitrogens with two attached hydrogens (primary N) is 1. The molecule has 0 unspecified atom stereocenters. The lowest BCUT2D eigenvalue weighted by atomic mass is 10.8. The third-order valence-electron chi connectivity index (χ3n) is 0.284. The minimum Gasteiger partial charge on any atom is -0.281 e. The highest BCUT2D eigenvalue weighted by molar-refractivity contribution is 5.64. The molecule has 0 aromatic rings. The van der Waals surface area contributed by atoms with Crippen LogP contribution in [-0.4, -0.2) is 13.0 Å². The Morgan fingerprint density at radius 2 is 2.33 bits per heavy atom. The van der Waals surface area contributed by atoms with E-state index in [9.17, 15) is 4.79 Å². The molecule has 0 amide bonds. The van der Waals surface area contributed by atoms with Crippen LogP contribution in [0.4, 0.5) is 0 Å². The van der Waals surface area contributed by atoms with Crippen molar-refractivity contribution < 1.29 is 15.1 Å². The second-order valence-corrected chi connectivity index (χ2v) is 0.845. The molecule has 0 aromatic carbocycles. The van der Waals surface area contributed by atoms with Crippen LogP contribution in [0, 0.1) is 0 Å². The Hall–Kier alpha value is -0.570. The van der Waals surface area contributed by atoms with Gasteiger partial charge in [0.05, 0.1) is 0 Å². The Kier molecular flexibility index (Phi) is 2.40. The number of hydrogen-bond acceptors (Lipinski definition) is 2. The largest absolute Gasteiger partial charge is 0.363 e. The molecular formula is C3H8NO2+. The van der Waals surface area contributed by atoms with Gasteiger partial charge in [-0.25, -0.2) is 4.79 Å². The van der Waals surface area contributed by atoms with Gasteiger partial charge in [-0.05, 0) is 0 Å². The van der Waals surface area contributed by atoms with E-state index < -0.39 is 0 Å². The van der Waals surface area contributed by atoms with Crippen LogP contribution in [0.2, 0.25) is 0 Å². The first kappa shape index (κ1) is 5.43. The van der Waals surface area contributed by atoms with E-state index in [-0.39, 0.29) is 5.97 Å². The number of rotatable bonds is 1. The van der Waals surface area contributed by atoms with Gasteiger partial charge in [0.2, 0.25) is 0 Å². The highest BCUT2D eigenvalue weighted by Crippen LogP contribution is 1.54. The SMILES string of the molecule is C[NH2+]OC(C)=O. The number of quaternary nitrogens is 1. The monoisotopic (exact) mass is 90.1 g/mol. The molecule has 0 atom stereocenters. The van der Waals surface area contributed by atoms with Crippen molar-refractivity contribution >= 4 is 5.97 Å². The van der Waals surface area contributed by atoms with Crippen molar-refractivity contribution in [3.8, 4) is 0 Å². The molecule has 0 fully saturated rings. The molecule has 0 rings (SSSR count). The molecule has 3 heteroatoms. The summed E-state index contributed by atoms with van der Waals surface area (Å²) < 4.78 is 0. The minimum absolute atomic E-state index is 0.266. The molecule has 0 saturated carbocycles. The molecular weight excluding hydrogens is 82.0 g/mol. The van der Waals surface area contributed by atoms with Crippen molar-refractivity contribution in [1.29, 1.82) is 0 Å². The molecule has 0 radical (unpaired) electrons. The molecule has 0 bridgehead atoms. The molecule has 0 aromatic heterocycles. The number of carbonyl (C=O) groups is 1. The summed E-state index contributed by atoms with van der Waals surface area (Å²) in [6, 6.07) is 0. The maximum atomic E-state index is 9.79. The molecule has 0 aliphatic carbocycles. The van der Waals surface area contributed by atoms with Crippen LogP contribution in [-0.2, 0) is 9.63 Å². The lowest BCUT2D eigenvalue weighted by molar-refractivity contribution is -0.853. The summed E-state index contributed by atoms with van der Waals surface area (Å²) in [7, 11) is 1.65. The number of hydrogen-bond donors (Lipinski definition) is 1. The zero-order valence-electron chi connectivity index (χ0n) is 3.89. The van der Waals surface area contributed by atoms with E-state index in [1.54, 1.807) is 7.05 Å². The zero-order valence-corrected chi connectivity index (χ0v) is 3.89. The summed E-state index contributed by atoms with van der Waals surface area (Å²) in [5.74, 6) is -0.266. The van der Waals surface area contributed by atoms with Gasteiger partial charge in [0, 0.05) is 6.92 Å². The second-order valence-electron chi connectivity index (χ2n) is 0.845. The van der Waals surface area contributed by atoms with Crippen LogP contribution in [0.15, 0.2) is 0 Å². The van der Waals surface area contributed by atoms with E-state index in [1.165, 1.54) is 12.4 Å². The molecule has 0 aliphatic rings. The van der Waals surface area contributed by atoms with Crippen molar-refractivity contribution in [2.24, 2.45) is 0 Å². The van der Waals surface area contributed by atoms with Crippen LogP contribution in [0.3, 0.4) is 0 Å². The second kappa shape index (κ2) is 2.66. The van der Waals surface area contributed by atoms with Crippen LogP contribution in [0.5, 0.6) is 0 Å². The van der Waals surface area contributed by atoms with E-state index in [2.05, 4.69) is 4.84 Å². The lowest BCUT2D eigenvalue weighted by Gasteiger charge is -1.85. The van der Waals surface area contributed by atoms with Gasteiger partial charge in [0.25, 0.3) is 0 Å². The average Bonchev–Trinajstić information content (AvgIpc) is 1.35. The Morgan fingerprint density at radius 1 is 1.83 bits per heavy atom. The molecule has 2 N–H and O–H groups in total. The third-order valence-corrected chi connectivity index (χ3v) is 0.284. The molecule has 0 spiro atoms. The number of hydroxylamine groups is 1. The van der Waals surface area contributed by atoms with Gasteiger partial charge in [0.15, 0.2) is 0 Å². The molecule has 0 saturated heterocycles. The van der Waals surface area contributed by atoms with Crippen LogP contribution < -0.4 is 5.48 Å². The summed E-state index contributed by atoms with van der Waals surface area (Å²) in [6.45, 7) is 1.36. The third kappa shape index (κ3) is 3.43. The van der Waals surface area contributed by atoms with Crippen molar-refractivity contribution in [1.82, 2.24) is 0 Å². The summed E-state index contributed by atoms with van der Waals surface area (Å²) >= 11 is 0. The molecule has 0 heterocycles. The summed E-state index contributed by atoms with van der Waals surface area (Å²) in [4.78, 5) is 14.1.